The molecule has 2 N–H and O–H groups in total. The van der Waals surface area contributed by atoms with Gasteiger partial charge in [-0.2, -0.15) is 0 Å². The maximum atomic E-state index is 11.8. The first kappa shape index (κ1) is 13.4. The Kier molecular flexibility index (Phi) is 4.17. The van der Waals surface area contributed by atoms with Gasteiger partial charge in [-0.1, -0.05) is 6.07 Å². The zero-order valence-electron chi connectivity index (χ0n) is 10.9. The normalized spacial score (nSPS) is 18.2. The number of carbonyl (C=O) groups excluding carboxylic acids is 1. The molecule has 20 heavy (non-hydrogen) atoms. The Balaban J connectivity index is 1.43. The molecule has 1 aliphatic rings. The van der Waals surface area contributed by atoms with E-state index in [-0.39, 0.29) is 12.1 Å². The molecule has 3 rings (SSSR count). The minimum Gasteiger partial charge on any atom is -0.346 e. The molecule has 2 aromatic heterocycles. The molecular weight excluding hydrogens is 292 g/mol. The second kappa shape index (κ2) is 6.23. The summed E-state index contributed by atoms with van der Waals surface area (Å²) in [6.45, 7) is 2.37. The molecule has 1 aliphatic heterocycles. The van der Waals surface area contributed by atoms with Crippen LogP contribution in [0.15, 0.2) is 29.1 Å². The van der Waals surface area contributed by atoms with Crippen molar-refractivity contribution in [3.63, 3.8) is 0 Å². The number of aromatic nitrogens is 1. The second-order valence-electron chi connectivity index (χ2n) is 4.65. The van der Waals surface area contributed by atoms with Gasteiger partial charge >= 0.3 is 6.03 Å². The minimum absolute atomic E-state index is 0.0932. The Labute approximate surface area is 125 Å². The highest BCUT2D eigenvalue weighted by Gasteiger charge is 2.25. The lowest BCUT2D eigenvalue weighted by Crippen LogP contribution is -2.43. The van der Waals surface area contributed by atoms with Crippen molar-refractivity contribution in [2.45, 2.75) is 19.0 Å². The number of amides is 2. The van der Waals surface area contributed by atoms with Crippen LogP contribution in [0.2, 0.25) is 0 Å². The lowest BCUT2D eigenvalue weighted by molar-refractivity contribution is 0.237. The molecule has 7 heteroatoms. The summed E-state index contributed by atoms with van der Waals surface area (Å²) in [5, 5.41) is 10.9. The van der Waals surface area contributed by atoms with Crippen molar-refractivity contribution < 1.29 is 4.79 Å². The summed E-state index contributed by atoms with van der Waals surface area (Å²) >= 11 is 3.29. The number of urea groups is 1. The van der Waals surface area contributed by atoms with Crippen LogP contribution in [-0.4, -0.2) is 30.1 Å². The van der Waals surface area contributed by atoms with Crippen LogP contribution in [0.4, 0.5) is 9.93 Å². The SMILES string of the molecule is O=C(NCc1cccs1)N[C@H]1CCN(c2nccs2)C1. The monoisotopic (exact) mass is 308 g/mol. The van der Waals surface area contributed by atoms with E-state index in [1.807, 2.05) is 29.1 Å². The first-order valence-corrected chi connectivity index (χ1v) is 8.28. The molecule has 3 heterocycles. The van der Waals surface area contributed by atoms with Gasteiger partial charge in [-0.3, -0.25) is 0 Å². The van der Waals surface area contributed by atoms with E-state index in [0.29, 0.717) is 6.54 Å². The van der Waals surface area contributed by atoms with Gasteiger partial charge in [0.25, 0.3) is 0 Å². The summed E-state index contributed by atoms with van der Waals surface area (Å²) in [4.78, 5) is 19.5. The van der Waals surface area contributed by atoms with Gasteiger partial charge in [0.05, 0.1) is 6.54 Å². The van der Waals surface area contributed by atoms with Crippen molar-refractivity contribution in [3.8, 4) is 0 Å². The summed E-state index contributed by atoms with van der Waals surface area (Å²) in [6, 6.07) is 4.11. The lowest BCUT2D eigenvalue weighted by atomic mass is 10.3. The molecule has 5 nitrogen and oxygen atoms in total. The van der Waals surface area contributed by atoms with Crippen LogP contribution in [0.5, 0.6) is 0 Å². The summed E-state index contributed by atoms with van der Waals surface area (Å²) in [5.74, 6) is 0. The minimum atomic E-state index is -0.0932. The summed E-state index contributed by atoms with van der Waals surface area (Å²) in [5.41, 5.74) is 0. The van der Waals surface area contributed by atoms with Gasteiger partial charge in [-0.15, -0.1) is 22.7 Å². The maximum absolute atomic E-state index is 11.8. The Morgan fingerprint density at radius 3 is 3.15 bits per heavy atom. The van der Waals surface area contributed by atoms with Crippen LogP contribution in [-0.2, 0) is 6.54 Å². The Morgan fingerprint density at radius 2 is 2.40 bits per heavy atom. The quantitative estimate of drug-likeness (QED) is 0.911. The molecule has 0 aliphatic carbocycles. The number of thiazole rings is 1. The topological polar surface area (TPSA) is 57.3 Å². The van der Waals surface area contributed by atoms with Crippen molar-refractivity contribution in [2.24, 2.45) is 0 Å². The summed E-state index contributed by atoms with van der Waals surface area (Å²) in [6.07, 6.45) is 2.78. The standard InChI is InChI=1S/C13H16N4OS2/c18-12(15-8-11-2-1-6-19-11)16-10-3-5-17(9-10)13-14-4-7-20-13/h1-2,4,6-7,10H,3,5,8-9H2,(H2,15,16,18)/t10-/m0/s1. The fourth-order valence-corrected chi connectivity index (χ4v) is 3.57. The molecule has 1 atom stereocenters. The molecule has 2 aromatic rings. The lowest BCUT2D eigenvalue weighted by Gasteiger charge is -2.16. The molecular formula is C13H16N4OS2. The van der Waals surface area contributed by atoms with Crippen LogP contribution in [0.1, 0.15) is 11.3 Å². The Morgan fingerprint density at radius 1 is 1.45 bits per heavy atom. The zero-order chi connectivity index (χ0) is 13.8. The van der Waals surface area contributed by atoms with Crippen molar-refractivity contribution >= 4 is 33.8 Å². The van der Waals surface area contributed by atoms with Gasteiger partial charge in [0.15, 0.2) is 5.13 Å². The van der Waals surface area contributed by atoms with Crippen molar-refractivity contribution in [1.29, 1.82) is 0 Å². The van der Waals surface area contributed by atoms with E-state index in [9.17, 15) is 4.79 Å². The summed E-state index contributed by atoms with van der Waals surface area (Å²) < 4.78 is 0. The third-order valence-corrected chi connectivity index (χ3v) is 4.93. The highest BCUT2D eigenvalue weighted by molar-refractivity contribution is 7.13. The Bertz CT molecular complexity index is 541. The number of anilines is 1. The number of nitrogens with zero attached hydrogens (tertiary/aromatic N) is 2. The van der Waals surface area contributed by atoms with Crippen molar-refractivity contribution in [3.05, 3.63) is 34.0 Å². The van der Waals surface area contributed by atoms with E-state index in [0.717, 1.165) is 29.5 Å². The van der Waals surface area contributed by atoms with Gasteiger partial charge in [-0.25, -0.2) is 9.78 Å². The molecule has 0 radical (unpaired) electrons. The van der Waals surface area contributed by atoms with E-state index >= 15 is 0 Å². The number of carbonyl (C=O) groups is 1. The zero-order valence-corrected chi connectivity index (χ0v) is 12.5. The number of hydrogen-bond donors (Lipinski definition) is 2. The van der Waals surface area contributed by atoms with E-state index in [1.165, 1.54) is 0 Å². The predicted octanol–water partition coefficient (Wildman–Crippen LogP) is 2.28. The predicted molar refractivity (Wildman–Crippen MR) is 82.4 cm³/mol. The maximum Gasteiger partial charge on any atom is 0.315 e. The van der Waals surface area contributed by atoms with Crippen LogP contribution in [0, 0.1) is 0 Å². The highest BCUT2D eigenvalue weighted by atomic mass is 32.1. The fourth-order valence-electron chi connectivity index (χ4n) is 2.24. The highest BCUT2D eigenvalue weighted by Crippen LogP contribution is 2.22. The van der Waals surface area contributed by atoms with E-state index in [1.54, 1.807) is 22.7 Å². The fraction of sp³-hybridized carbons (Fsp3) is 0.385. The first-order chi connectivity index (χ1) is 9.81. The van der Waals surface area contributed by atoms with Crippen LogP contribution in [0.25, 0.3) is 0 Å². The Hall–Kier alpha value is -1.60. The van der Waals surface area contributed by atoms with Gasteiger partial charge in [0.1, 0.15) is 0 Å². The van der Waals surface area contributed by atoms with Crippen LogP contribution < -0.4 is 15.5 Å². The molecule has 106 valence electrons. The summed E-state index contributed by atoms with van der Waals surface area (Å²) in [7, 11) is 0. The van der Waals surface area contributed by atoms with Gasteiger partial charge in [-0.05, 0) is 17.9 Å². The average molecular weight is 308 g/mol. The van der Waals surface area contributed by atoms with E-state index in [2.05, 4.69) is 20.5 Å². The number of nitrogens with one attached hydrogen (secondary N) is 2. The third-order valence-electron chi connectivity index (χ3n) is 3.22. The molecule has 0 spiro atoms. The average Bonchev–Trinajstić information content (AvgIpc) is 3.18. The molecule has 0 unspecified atom stereocenters. The van der Waals surface area contributed by atoms with Gasteiger partial charge in [0, 0.05) is 35.6 Å². The number of hydrogen-bond acceptors (Lipinski definition) is 5. The molecule has 0 bridgehead atoms. The molecule has 1 fully saturated rings. The smallest absolute Gasteiger partial charge is 0.315 e. The molecule has 2 amide bonds. The van der Waals surface area contributed by atoms with E-state index < -0.39 is 0 Å². The number of rotatable bonds is 4. The van der Waals surface area contributed by atoms with Crippen molar-refractivity contribution in [2.75, 3.05) is 18.0 Å². The van der Waals surface area contributed by atoms with E-state index in [4.69, 9.17) is 0 Å². The number of thiophene rings is 1. The van der Waals surface area contributed by atoms with Gasteiger partial charge in [0.2, 0.25) is 0 Å². The van der Waals surface area contributed by atoms with Gasteiger partial charge < -0.3 is 15.5 Å². The van der Waals surface area contributed by atoms with Crippen LogP contribution in [0.3, 0.4) is 0 Å². The third kappa shape index (κ3) is 3.29. The first-order valence-electron chi connectivity index (χ1n) is 6.52. The second-order valence-corrected chi connectivity index (χ2v) is 6.56. The molecule has 0 saturated carbocycles. The molecule has 0 aromatic carbocycles. The molecule has 1 saturated heterocycles. The largest absolute Gasteiger partial charge is 0.346 e. The van der Waals surface area contributed by atoms with Crippen molar-refractivity contribution in [1.82, 2.24) is 15.6 Å². The van der Waals surface area contributed by atoms with Crippen LogP contribution >= 0.6 is 22.7 Å².